The lowest BCUT2D eigenvalue weighted by molar-refractivity contribution is 0.124. The molecule has 1 heterocycles. The van der Waals surface area contributed by atoms with Crippen LogP contribution in [0.15, 0.2) is 22.8 Å². The van der Waals surface area contributed by atoms with E-state index in [0.29, 0.717) is 17.7 Å². The molecule has 0 saturated heterocycles. The maximum atomic E-state index is 9.89. The summed E-state index contributed by atoms with van der Waals surface area (Å²) in [5.41, 5.74) is 6.08. The molecule has 1 aliphatic rings. The maximum Gasteiger partial charge on any atom is 0.132 e. The van der Waals surface area contributed by atoms with E-state index in [0.717, 1.165) is 19.3 Å². The molecule has 3 heteroatoms. The molecule has 1 aliphatic carbocycles. The van der Waals surface area contributed by atoms with Crippen LogP contribution in [0.5, 0.6) is 0 Å². The summed E-state index contributed by atoms with van der Waals surface area (Å²) in [5, 5.41) is 9.89. The average Bonchev–Trinajstić information content (AvgIpc) is 2.81. The monoisotopic (exact) mass is 223 g/mol. The molecular weight excluding hydrogens is 202 g/mol. The van der Waals surface area contributed by atoms with E-state index in [1.165, 1.54) is 19.3 Å². The summed E-state index contributed by atoms with van der Waals surface area (Å²) in [6.07, 6.45) is 7.80. The molecule has 0 aliphatic heterocycles. The Labute approximate surface area is 96.6 Å². The van der Waals surface area contributed by atoms with Crippen molar-refractivity contribution in [2.24, 2.45) is 11.7 Å². The topological polar surface area (TPSA) is 59.4 Å². The quantitative estimate of drug-likeness (QED) is 0.824. The first kappa shape index (κ1) is 11.7. The van der Waals surface area contributed by atoms with Gasteiger partial charge in [0.05, 0.1) is 6.26 Å². The average molecular weight is 223 g/mol. The van der Waals surface area contributed by atoms with Gasteiger partial charge in [0.15, 0.2) is 0 Å². The van der Waals surface area contributed by atoms with Crippen molar-refractivity contribution in [3.8, 4) is 0 Å². The van der Waals surface area contributed by atoms with E-state index >= 15 is 0 Å². The van der Waals surface area contributed by atoms with E-state index in [2.05, 4.69) is 0 Å². The van der Waals surface area contributed by atoms with Crippen molar-refractivity contribution < 1.29 is 9.52 Å². The zero-order valence-corrected chi connectivity index (χ0v) is 9.64. The van der Waals surface area contributed by atoms with Gasteiger partial charge >= 0.3 is 0 Å². The highest BCUT2D eigenvalue weighted by atomic mass is 16.4. The minimum atomic E-state index is -0.468. The normalized spacial score (nSPS) is 27.9. The highest BCUT2D eigenvalue weighted by Crippen LogP contribution is 2.29. The first-order valence-electron chi connectivity index (χ1n) is 6.24. The summed E-state index contributed by atoms with van der Waals surface area (Å²) in [5.74, 6) is 1.25. The molecule has 0 aromatic carbocycles. The van der Waals surface area contributed by atoms with Gasteiger partial charge in [-0.15, -0.1) is 0 Å². The second-order valence-electron chi connectivity index (χ2n) is 4.82. The third-order valence-electron chi connectivity index (χ3n) is 3.65. The van der Waals surface area contributed by atoms with E-state index in [9.17, 15) is 5.11 Å². The van der Waals surface area contributed by atoms with Crippen LogP contribution in [0.2, 0.25) is 0 Å². The molecule has 1 aromatic heterocycles. The molecule has 90 valence electrons. The summed E-state index contributed by atoms with van der Waals surface area (Å²) < 4.78 is 5.18. The molecule has 1 fully saturated rings. The lowest BCUT2D eigenvalue weighted by atomic mass is 9.81. The summed E-state index contributed by atoms with van der Waals surface area (Å²) in [6, 6.07) is 3.97. The highest BCUT2D eigenvalue weighted by Gasteiger charge is 2.23. The number of nitrogens with two attached hydrogens (primary N) is 1. The second-order valence-corrected chi connectivity index (χ2v) is 4.82. The van der Waals surface area contributed by atoms with Crippen LogP contribution in [0.25, 0.3) is 0 Å². The summed E-state index contributed by atoms with van der Waals surface area (Å²) in [6.45, 7) is 0. The fraction of sp³-hybridized carbons (Fsp3) is 0.692. The third kappa shape index (κ3) is 2.86. The Kier molecular flexibility index (Phi) is 4.02. The van der Waals surface area contributed by atoms with Crippen LogP contribution in [-0.2, 0) is 0 Å². The third-order valence-corrected chi connectivity index (χ3v) is 3.65. The molecule has 1 saturated carbocycles. The van der Waals surface area contributed by atoms with Gasteiger partial charge in [0.25, 0.3) is 0 Å². The number of hydrogen-bond donors (Lipinski definition) is 2. The summed E-state index contributed by atoms with van der Waals surface area (Å²) >= 11 is 0. The van der Waals surface area contributed by atoms with Gasteiger partial charge in [-0.3, -0.25) is 0 Å². The van der Waals surface area contributed by atoms with E-state index < -0.39 is 6.10 Å². The van der Waals surface area contributed by atoms with Gasteiger partial charge in [0.1, 0.15) is 11.9 Å². The molecule has 16 heavy (non-hydrogen) atoms. The lowest BCUT2D eigenvalue weighted by Gasteiger charge is -2.28. The van der Waals surface area contributed by atoms with E-state index in [1.54, 1.807) is 6.26 Å². The van der Waals surface area contributed by atoms with Crippen LogP contribution >= 0.6 is 0 Å². The predicted octanol–water partition coefficient (Wildman–Crippen LogP) is 2.61. The second kappa shape index (κ2) is 5.51. The zero-order valence-electron chi connectivity index (χ0n) is 9.64. The van der Waals surface area contributed by atoms with Crippen molar-refractivity contribution in [2.75, 3.05) is 0 Å². The van der Waals surface area contributed by atoms with Gasteiger partial charge in [-0.1, -0.05) is 12.8 Å². The molecular formula is C13H21NO2. The van der Waals surface area contributed by atoms with Crippen molar-refractivity contribution in [3.63, 3.8) is 0 Å². The Hall–Kier alpha value is -0.800. The molecule has 0 radical (unpaired) electrons. The van der Waals surface area contributed by atoms with Crippen LogP contribution < -0.4 is 5.73 Å². The molecule has 2 rings (SSSR count). The van der Waals surface area contributed by atoms with Crippen molar-refractivity contribution in [1.29, 1.82) is 0 Å². The molecule has 0 bridgehead atoms. The molecule has 3 nitrogen and oxygen atoms in total. The number of furan rings is 1. The summed E-state index contributed by atoms with van der Waals surface area (Å²) in [4.78, 5) is 0. The number of aliphatic hydroxyl groups excluding tert-OH is 1. The van der Waals surface area contributed by atoms with Gasteiger partial charge in [0.2, 0.25) is 0 Å². The maximum absolute atomic E-state index is 9.89. The minimum absolute atomic E-state index is 0.331. The predicted molar refractivity (Wildman–Crippen MR) is 62.8 cm³/mol. The Balaban J connectivity index is 1.78. The fourth-order valence-electron chi connectivity index (χ4n) is 2.59. The van der Waals surface area contributed by atoms with Crippen molar-refractivity contribution >= 4 is 0 Å². The Bertz CT molecular complexity index is 297. The van der Waals surface area contributed by atoms with E-state index in [4.69, 9.17) is 10.2 Å². The van der Waals surface area contributed by atoms with Gasteiger partial charge in [0, 0.05) is 6.04 Å². The van der Waals surface area contributed by atoms with Gasteiger partial charge in [-0.25, -0.2) is 0 Å². The first-order valence-corrected chi connectivity index (χ1v) is 6.24. The number of rotatable bonds is 4. The molecule has 0 spiro atoms. The van der Waals surface area contributed by atoms with Crippen LogP contribution in [0.1, 0.15) is 50.4 Å². The molecule has 0 amide bonds. The molecule has 0 unspecified atom stereocenters. The minimum Gasteiger partial charge on any atom is -0.467 e. The fourth-order valence-corrected chi connectivity index (χ4v) is 2.59. The molecule has 3 N–H and O–H groups in total. The largest absolute Gasteiger partial charge is 0.467 e. The standard InChI is InChI=1S/C13H21NO2/c14-11-5-2-1-4-10(11)7-8-12(15)13-6-3-9-16-13/h3,6,9-12,15H,1-2,4-5,7-8,14H2/t10-,11-,12+/m0/s1. The zero-order chi connectivity index (χ0) is 11.4. The Morgan fingerprint density at radius 1 is 1.44 bits per heavy atom. The van der Waals surface area contributed by atoms with Gasteiger partial charge < -0.3 is 15.3 Å². The van der Waals surface area contributed by atoms with E-state index in [1.807, 2.05) is 12.1 Å². The Morgan fingerprint density at radius 3 is 2.94 bits per heavy atom. The van der Waals surface area contributed by atoms with Crippen molar-refractivity contribution in [1.82, 2.24) is 0 Å². The number of hydrogen-bond acceptors (Lipinski definition) is 3. The summed E-state index contributed by atoms with van der Waals surface area (Å²) in [7, 11) is 0. The van der Waals surface area contributed by atoms with Crippen LogP contribution in [0.4, 0.5) is 0 Å². The van der Waals surface area contributed by atoms with Gasteiger partial charge in [-0.2, -0.15) is 0 Å². The van der Waals surface area contributed by atoms with Crippen molar-refractivity contribution in [2.45, 2.75) is 50.7 Å². The van der Waals surface area contributed by atoms with Crippen LogP contribution in [0, 0.1) is 5.92 Å². The van der Waals surface area contributed by atoms with Crippen LogP contribution in [0.3, 0.4) is 0 Å². The van der Waals surface area contributed by atoms with Crippen LogP contribution in [-0.4, -0.2) is 11.1 Å². The highest BCUT2D eigenvalue weighted by molar-refractivity contribution is 5.01. The lowest BCUT2D eigenvalue weighted by Crippen LogP contribution is -2.33. The molecule has 3 atom stereocenters. The van der Waals surface area contributed by atoms with Gasteiger partial charge in [-0.05, 0) is 43.7 Å². The number of aliphatic hydroxyl groups is 1. The Morgan fingerprint density at radius 2 is 2.25 bits per heavy atom. The SMILES string of the molecule is N[C@H]1CCCC[C@H]1CC[C@@H](O)c1ccco1. The first-order chi connectivity index (χ1) is 7.77. The molecule has 1 aromatic rings. The van der Waals surface area contributed by atoms with Crippen molar-refractivity contribution in [3.05, 3.63) is 24.2 Å². The van der Waals surface area contributed by atoms with E-state index in [-0.39, 0.29) is 0 Å². The smallest absolute Gasteiger partial charge is 0.132 e.